The van der Waals surface area contributed by atoms with Crippen LogP contribution in [0, 0.1) is 6.92 Å². The molecule has 0 saturated heterocycles. The number of imidazole rings is 1. The van der Waals surface area contributed by atoms with Crippen molar-refractivity contribution < 1.29 is 0 Å². The molecule has 3 aromatic rings. The number of hydrogen-bond donors (Lipinski definition) is 1. The zero-order valence-electron chi connectivity index (χ0n) is 10.7. The molecule has 2 N–H and O–H groups in total. The number of nitrogen functional groups attached to an aromatic ring is 1. The predicted octanol–water partition coefficient (Wildman–Crippen LogP) is 2.45. The summed E-state index contributed by atoms with van der Waals surface area (Å²) in [5.74, 6) is 0.296. The summed E-state index contributed by atoms with van der Waals surface area (Å²) in [6.07, 6.45) is 3.63. The zero-order valence-corrected chi connectivity index (χ0v) is 10.7. The maximum atomic E-state index is 5.70. The van der Waals surface area contributed by atoms with Crippen LogP contribution >= 0.6 is 0 Å². The lowest BCUT2D eigenvalue weighted by Crippen LogP contribution is -2.01. The second kappa shape index (κ2) is 3.66. The molecular formula is C13H15N5. The molecule has 5 heteroatoms. The smallest absolute Gasteiger partial charge is 0.220 e. The van der Waals surface area contributed by atoms with Gasteiger partial charge in [0.25, 0.3) is 0 Å². The van der Waals surface area contributed by atoms with Crippen LogP contribution in [0.2, 0.25) is 0 Å². The van der Waals surface area contributed by atoms with Crippen LogP contribution in [-0.2, 0) is 0 Å². The van der Waals surface area contributed by atoms with Crippen LogP contribution in [0.25, 0.3) is 21.9 Å². The van der Waals surface area contributed by atoms with E-state index in [-0.39, 0.29) is 0 Å². The molecule has 0 bridgehead atoms. The highest BCUT2D eigenvalue weighted by molar-refractivity contribution is 6.03. The summed E-state index contributed by atoms with van der Waals surface area (Å²) in [6.45, 7) is 6.30. The fourth-order valence-corrected chi connectivity index (χ4v) is 2.28. The Hall–Kier alpha value is -2.17. The second-order valence-electron chi connectivity index (χ2n) is 4.80. The van der Waals surface area contributed by atoms with Gasteiger partial charge in [-0.25, -0.2) is 15.0 Å². The van der Waals surface area contributed by atoms with E-state index in [4.69, 9.17) is 5.73 Å². The maximum absolute atomic E-state index is 5.70. The monoisotopic (exact) mass is 241 g/mol. The topological polar surface area (TPSA) is 69.6 Å². The number of hydrogen-bond acceptors (Lipinski definition) is 4. The van der Waals surface area contributed by atoms with Gasteiger partial charge in [0.2, 0.25) is 5.95 Å². The molecule has 2 heterocycles. The molecule has 0 radical (unpaired) electrons. The lowest BCUT2D eigenvalue weighted by atomic mass is 10.1. The highest BCUT2D eigenvalue weighted by Gasteiger charge is 2.13. The lowest BCUT2D eigenvalue weighted by Gasteiger charge is -2.10. The molecule has 0 aliphatic carbocycles. The Bertz CT molecular complexity index is 742. The third-order valence-electron chi connectivity index (χ3n) is 3.16. The van der Waals surface area contributed by atoms with Gasteiger partial charge in [0.05, 0.1) is 17.4 Å². The van der Waals surface area contributed by atoms with Gasteiger partial charge in [0.1, 0.15) is 5.52 Å². The van der Waals surface area contributed by atoms with Crippen LogP contribution in [0.1, 0.15) is 25.5 Å². The summed E-state index contributed by atoms with van der Waals surface area (Å²) in [6, 6.07) is 2.38. The minimum Gasteiger partial charge on any atom is -0.368 e. The third-order valence-corrected chi connectivity index (χ3v) is 3.16. The molecule has 2 aromatic heterocycles. The van der Waals surface area contributed by atoms with E-state index in [1.165, 1.54) is 0 Å². The van der Waals surface area contributed by atoms with Gasteiger partial charge in [0, 0.05) is 17.6 Å². The SMILES string of the molecule is Cc1cc2cnc(N)nc2c2c1ncn2C(C)C. The van der Waals surface area contributed by atoms with Crippen LogP contribution < -0.4 is 5.73 Å². The van der Waals surface area contributed by atoms with Crippen molar-refractivity contribution in [2.45, 2.75) is 26.8 Å². The molecule has 0 spiro atoms. The number of anilines is 1. The van der Waals surface area contributed by atoms with Crippen LogP contribution in [0.5, 0.6) is 0 Å². The van der Waals surface area contributed by atoms with Gasteiger partial charge in [-0.05, 0) is 32.4 Å². The molecule has 3 rings (SSSR count). The number of nitrogens with two attached hydrogens (primary N) is 1. The van der Waals surface area contributed by atoms with E-state index < -0.39 is 0 Å². The summed E-state index contributed by atoms with van der Waals surface area (Å²) in [5.41, 5.74) is 9.71. The van der Waals surface area contributed by atoms with Crippen LogP contribution in [0.3, 0.4) is 0 Å². The van der Waals surface area contributed by atoms with Gasteiger partial charge in [-0.15, -0.1) is 0 Å². The molecule has 5 nitrogen and oxygen atoms in total. The Labute approximate surface area is 105 Å². The summed E-state index contributed by atoms with van der Waals surface area (Å²) in [5, 5.41) is 0.997. The van der Waals surface area contributed by atoms with Gasteiger partial charge in [-0.2, -0.15) is 0 Å². The molecule has 0 amide bonds. The second-order valence-corrected chi connectivity index (χ2v) is 4.80. The fourth-order valence-electron chi connectivity index (χ4n) is 2.28. The molecule has 0 atom stereocenters. The van der Waals surface area contributed by atoms with Crippen molar-refractivity contribution in [3.05, 3.63) is 24.2 Å². The van der Waals surface area contributed by atoms with Crippen LogP contribution in [-0.4, -0.2) is 19.5 Å². The van der Waals surface area contributed by atoms with E-state index in [1.54, 1.807) is 6.20 Å². The van der Waals surface area contributed by atoms with Gasteiger partial charge in [0.15, 0.2) is 0 Å². The number of rotatable bonds is 1. The Kier molecular flexibility index (Phi) is 2.23. The first-order chi connectivity index (χ1) is 8.58. The molecular weight excluding hydrogens is 226 g/mol. The van der Waals surface area contributed by atoms with E-state index in [0.29, 0.717) is 12.0 Å². The van der Waals surface area contributed by atoms with E-state index in [1.807, 2.05) is 6.33 Å². The summed E-state index contributed by atoms with van der Waals surface area (Å²) < 4.78 is 2.12. The van der Waals surface area contributed by atoms with Crippen molar-refractivity contribution in [2.75, 3.05) is 5.73 Å². The summed E-state index contributed by atoms with van der Waals surface area (Å²) in [4.78, 5) is 12.9. The first-order valence-corrected chi connectivity index (χ1v) is 5.96. The molecule has 0 saturated carbocycles. The number of aromatic nitrogens is 4. The highest BCUT2D eigenvalue weighted by Crippen LogP contribution is 2.28. The predicted molar refractivity (Wildman–Crippen MR) is 72.4 cm³/mol. The highest BCUT2D eigenvalue weighted by atomic mass is 15.1. The van der Waals surface area contributed by atoms with Crippen molar-refractivity contribution in [1.29, 1.82) is 0 Å². The quantitative estimate of drug-likeness (QED) is 0.710. The van der Waals surface area contributed by atoms with E-state index in [2.05, 4.69) is 46.4 Å². The minimum absolute atomic E-state index is 0.296. The van der Waals surface area contributed by atoms with Gasteiger partial charge in [-0.1, -0.05) is 0 Å². The maximum Gasteiger partial charge on any atom is 0.220 e. The first kappa shape index (κ1) is 11.0. The van der Waals surface area contributed by atoms with Crippen molar-refractivity contribution in [2.24, 2.45) is 0 Å². The van der Waals surface area contributed by atoms with Crippen molar-refractivity contribution >= 4 is 27.9 Å². The largest absolute Gasteiger partial charge is 0.368 e. The van der Waals surface area contributed by atoms with E-state index in [9.17, 15) is 0 Å². The third kappa shape index (κ3) is 1.44. The summed E-state index contributed by atoms with van der Waals surface area (Å²) >= 11 is 0. The van der Waals surface area contributed by atoms with Gasteiger partial charge < -0.3 is 10.3 Å². The zero-order chi connectivity index (χ0) is 12.9. The average molecular weight is 241 g/mol. The average Bonchev–Trinajstić information content (AvgIpc) is 2.76. The first-order valence-electron chi connectivity index (χ1n) is 5.96. The normalized spacial score (nSPS) is 11.8. The van der Waals surface area contributed by atoms with Crippen LogP contribution in [0.15, 0.2) is 18.6 Å². The molecule has 0 fully saturated rings. The van der Waals surface area contributed by atoms with Gasteiger partial charge >= 0.3 is 0 Å². The fraction of sp³-hybridized carbons (Fsp3) is 0.308. The summed E-state index contributed by atoms with van der Waals surface area (Å²) in [7, 11) is 0. The molecule has 18 heavy (non-hydrogen) atoms. The molecule has 1 aromatic carbocycles. The Morgan fingerprint density at radius 3 is 2.72 bits per heavy atom. The number of aryl methyl sites for hydroxylation is 1. The number of fused-ring (bicyclic) bond motifs is 3. The molecule has 0 aliphatic heterocycles. The molecule has 0 aliphatic rings. The number of benzene rings is 1. The Morgan fingerprint density at radius 2 is 2.00 bits per heavy atom. The Balaban J connectivity index is 2.56. The lowest BCUT2D eigenvalue weighted by molar-refractivity contribution is 0.618. The van der Waals surface area contributed by atoms with E-state index >= 15 is 0 Å². The van der Waals surface area contributed by atoms with Crippen molar-refractivity contribution in [3.63, 3.8) is 0 Å². The standard InChI is InChI=1S/C13H15N5/c1-7(2)18-6-16-10-8(3)4-9-5-15-13(14)17-11(9)12(10)18/h4-7H,1-3H3,(H2,14,15,17). The van der Waals surface area contributed by atoms with Crippen LogP contribution in [0.4, 0.5) is 5.95 Å². The van der Waals surface area contributed by atoms with Gasteiger partial charge in [-0.3, -0.25) is 0 Å². The number of nitrogens with zero attached hydrogens (tertiary/aromatic N) is 4. The molecule has 92 valence electrons. The van der Waals surface area contributed by atoms with Crippen molar-refractivity contribution in [3.8, 4) is 0 Å². The minimum atomic E-state index is 0.296. The van der Waals surface area contributed by atoms with Crippen molar-refractivity contribution in [1.82, 2.24) is 19.5 Å². The van der Waals surface area contributed by atoms with E-state index in [0.717, 1.165) is 27.5 Å². The Morgan fingerprint density at radius 1 is 1.22 bits per heavy atom. The molecule has 0 unspecified atom stereocenters.